The summed E-state index contributed by atoms with van der Waals surface area (Å²) in [5, 5.41) is 15.5. The van der Waals surface area contributed by atoms with Crippen molar-refractivity contribution in [3.8, 4) is 0 Å². The van der Waals surface area contributed by atoms with Crippen LogP contribution in [0.1, 0.15) is 26.5 Å². The number of fused-ring (bicyclic) bond motifs is 1. The molecular formula is C21H20F2N4O4. The van der Waals surface area contributed by atoms with Crippen LogP contribution >= 0.6 is 0 Å². The maximum Gasteiger partial charge on any atom is 0.286 e. The van der Waals surface area contributed by atoms with Gasteiger partial charge in [0.1, 0.15) is 17.7 Å². The monoisotopic (exact) mass is 430 g/mol. The fourth-order valence-corrected chi connectivity index (χ4v) is 3.57. The molecule has 5 N–H and O–H groups in total. The number of carbonyl (C=O) groups excluding carboxylic acids is 2. The molecule has 0 aliphatic carbocycles. The lowest BCUT2D eigenvalue weighted by Gasteiger charge is -2.32. The Labute approximate surface area is 175 Å². The molecule has 1 atom stereocenters. The van der Waals surface area contributed by atoms with E-state index in [-0.39, 0.29) is 22.2 Å². The molecule has 0 radical (unpaired) electrons. The van der Waals surface area contributed by atoms with Gasteiger partial charge in [-0.15, -0.1) is 0 Å². The second kappa shape index (κ2) is 8.42. The van der Waals surface area contributed by atoms with Crippen molar-refractivity contribution in [1.29, 1.82) is 0 Å². The van der Waals surface area contributed by atoms with Crippen LogP contribution in [0.2, 0.25) is 0 Å². The van der Waals surface area contributed by atoms with E-state index in [2.05, 4.69) is 10.6 Å². The smallest absolute Gasteiger partial charge is 0.286 e. The van der Waals surface area contributed by atoms with Crippen LogP contribution in [0.25, 0.3) is 11.0 Å². The topological polar surface area (TPSA) is 121 Å². The average molecular weight is 430 g/mol. The molecule has 10 heteroatoms. The zero-order chi connectivity index (χ0) is 22.1. The van der Waals surface area contributed by atoms with Crippen molar-refractivity contribution in [3.05, 3.63) is 64.9 Å². The molecule has 3 aromatic rings. The highest BCUT2D eigenvalue weighted by Crippen LogP contribution is 2.33. The van der Waals surface area contributed by atoms with E-state index in [1.54, 1.807) is 18.2 Å². The van der Waals surface area contributed by atoms with E-state index in [1.165, 1.54) is 0 Å². The number of aliphatic hydroxyl groups is 1. The second-order valence-electron chi connectivity index (χ2n) is 7.24. The highest BCUT2D eigenvalue weighted by Gasteiger charge is 2.24. The number of rotatable bonds is 5. The van der Waals surface area contributed by atoms with Crippen molar-refractivity contribution < 1.29 is 27.9 Å². The lowest BCUT2D eigenvalue weighted by molar-refractivity contribution is -0.0180. The van der Waals surface area contributed by atoms with Crippen molar-refractivity contribution in [2.75, 3.05) is 25.0 Å². The Bertz CT molecular complexity index is 1160. The number of nitrogens with one attached hydrogen (secondary N) is 2. The normalized spacial score (nSPS) is 17.1. The number of nitrogens with two attached hydrogens (primary N) is 1. The number of hydrogen-bond acceptors (Lipinski definition) is 6. The summed E-state index contributed by atoms with van der Waals surface area (Å²) in [6, 6.07) is 8.25. The Morgan fingerprint density at radius 2 is 2.10 bits per heavy atom. The minimum absolute atomic E-state index is 0.111. The van der Waals surface area contributed by atoms with Crippen molar-refractivity contribution in [1.82, 2.24) is 10.2 Å². The van der Waals surface area contributed by atoms with Gasteiger partial charge < -0.3 is 25.9 Å². The van der Waals surface area contributed by atoms with Gasteiger partial charge >= 0.3 is 0 Å². The van der Waals surface area contributed by atoms with Gasteiger partial charge in [-0.2, -0.15) is 0 Å². The molecule has 1 aromatic heterocycles. The fraction of sp³-hybridized carbons (Fsp3) is 0.238. The third-order valence-corrected chi connectivity index (χ3v) is 5.07. The molecule has 31 heavy (non-hydrogen) atoms. The first kappa shape index (κ1) is 20.9. The van der Waals surface area contributed by atoms with E-state index >= 15 is 0 Å². The van der Waals surface area contributed by atoms with Crippen molar-refractivity contribution in [2.45, 2.75) is 12.8 Å². The summed E-state index contributed by atoms with van der Waals surface area (Å²) < 4.78 is 32.9. The first-order valence-corrected chi connectivity index (χ1v) is 9.58. The second-order valence-corrected chi connectivity index (χ2v) is 7.24. The minimum atomic E-state index is -1.03. The number of β-amino-alcohol motifs (C(OH)–C–C–N with tert-alkyl or cyclic N) is 1. The quantitative estimate of drug-likeness (QED) is 0.490. The molecule has 1 aliphatic heterocycles. The molecule has 4 rings (SSSR count). The van der Waals surface area contributed by atoms with Crippen LogP contribution in [0.15, 0.2) is 40.8 Å². The molecule has 1 unspecified atom stereocenters. The number of furan rings is 1. The van der Waals surface area contributed by atoms with E-state index in [4.69, 9.17) is 10.2 Å². The number of anilines is 1. The summed E-state index contributed by atoms with van der Waals surface area (Å²) in [6.45, 7) is 2.28. The van der Waals surface area contributed by atoms with Crippen LogP contribution < -0.4 is 16.4 Å². The molecule has 1 fully saturated rings. The summed E-state index contributed by atoms with van der Waals surface area (Å²) in [7, 11) is 0. The Morgan fingerprint density at radius 1 is 1.29 bits per heavy atom. The van der Waals surface area contributed by atoms with Gasteiger partial charge in [0.15, 0.2) is 11.4 Å². The van der Waals surface area contributed by atoms with Crippen LogP contribution in [-0.4, -0.2) is 47.7 Å². The SMILES string of the molecule is NC(=O)c1oc2c(F)cc(F)cc2c1NC(=O)c1cccc(CN2CCNCC2O)c1. The Morgan fingerprint density at radius 3 is 2.84 bits per heavy atom. The van der Waals surface area contributed by atoms with Gasteiger partial charge in [-0.25, -0.2) is 8.78 Å². The number of hydrogen-bond donors (Lipinski definition) is 4. The molecule has 0 saturated carbocycles. The van der Waals surface area contributed by atoms with Gasteiger partial charge in [-0.05, 0) is 23.8 Å². The van der Waals surface area contributed by atoms with E-state index in [0.29, 0.717) is 25.7 Å². The highest BCUT2D eigenvalue weighted by atomic mass is 19.1. The van der Waals surface area contributed by atoms with Gasteiger partial charge in [0, 0.05) is 37.8 Å². The molecule has 1 saturated heterocycles. The molecule has 1 aliphatic rings. The third-order valence-electron chi connectivity index (χ3n) is 5.07. The van der Waals surface area contributed by atoms with Crippen molar-refractivity contribution in [2.24, 2.45) is 5.73 Å². The number of amides is 2. The van der Waals surface area contributed by atoms with Gasteiger partial charge in [0.2, 0.25) is 5.76 Å². The summed E-state index contributed by atoms with van der Waals surface area (Å²) >= 11 is 0. The fourth-order valence-electron chi connectivity index (χ4n) is 3.57. The summed E-state index contributed by atoms with van der Waals surface area (Å²) in [6.07, 6.45) is -0.633. The molecular weight excluding hydrogens is 410 g/mol. The van der Waals surface area contributed by atoms with E-state index in [9.17, 15) is 23.5 Å². The molecule has 2 heterocycles. The standard InChI is InChI=1S/C21H20F2N4O4/c22-13-7-14-17(19(20(24)29)31-18(14)15(23)8-13)26-21(30)12-3-1-2-11(6-12)10-27-5-4-25-9-16(27)28/h1-3,6-8,16,25,28H,4-5,9-10H2,(H2,24,29)(H,26,30). The highest BCUT2D eigenvalue weighted by molar-refractivity contribution is 6.14. The Balaban J connectivity index is 1.62. The number of primary amides is 1. The zero-order valence-corrected chi connectivity index (χ0v) is 16.3. The van der Waals surface area contributed by atoms with Crippen LogP contribution in [0.4, 0.5) is 14.5 Å². The van der Waals surface area contributed by atoms with Gasteiger partial charge in [-0.1, -0.05) is 12.1 Å². The molecule has 0 bridgehead atoms. The number of piperazine rings is 1. The average Bonchev–Trinajstić information content (AvgIpc) is 3.09. The molecule has 8 nitrogen and oxygen atoms in total. The third kappa shape index (κ3) is 4.26. The van der Waals surface area contributed by atoms with Gasteiger partial charge in [0.05, 0.1) is 5.39 Å². The number of aliphatic hydroxyl groups excluding tert-OH is 1. The maximum absolute atomic E-state index is 14.0. The first-order valence-electron chi connectivity index (χ1n) is 9.58. The molecule has 162 valence electrons. The van der Waals surface area contributed by atoms with Crippen LogP contribution in [0, 0.1) is 11.6 Å². The Kier molecular flexibility index (Phi) is 5.68. The lowest BCUT2D eigenvalue weighted by Crippen LogP contribution is -2.50. The van der Waals surface area contributed by atoms with Crippen LogP contribution in [0.3, 0.4) is 0 Å². The number of benzene rings is 2. The van der Waals surface area contributed by atoms with Crippen molar-refractivity contribution in [3.63, 3.8) is 0 Å². The molecule has 2 aromatic carbocycles. The number of carbonyl (C=O) groups is 2. The lowest BCUT2D eigenvalue weighted by atomic mass is 10.1. The van der Waals surface area contributed by atoms with Crippen LogP contribution in [-0.2, 0) is 6.54 Å². The maximum atomic E-state index is 14.0. The molecule has 2 amide bonds. The van der Waals surface area contributed by atoms with Gasteiger partial charge in [-0.3, -0.25) is 14.5 Å². The van der Waals surface area contributed by atoms with E-state index < -0.39 is 35.4 Å². The van der Waals surface area contributed by atoms with E-state index in [0.717, 1.165) is 18.2 Å². The zero-order valence-electron chi connectivity index (χ0n) is 16.3. The predicted molar refractivity (Wildman–Crippen MR) is 108 cm³/mol. The Hall–Kier alpha value is -3.34. The molecule has 0 spiro atoms. The largest absolute Gasteiger partial charge is 0.446 e. The minimum Gasteiger partial charge on any atom is -0.446 e. The summed E-state index contributed by atoms with van der Waals surface area (Å²) in [5.41, 5.74) is 5.75. The summed E-state index contributed by atoms with van der Waals surface area (Å²) in [5.74, 6) is -4.04. The van der Waals surface area contributed by atoms with E-state index in [1.807, 2.05) is 11.0 Å². The number of nitrogens with zero attached hydrogens (tertiary/aromatic N) is 1. The number of halogens is 2. The van der Waals surface area contributed by atoms with Gasteiger partial charge in [0.25, 0.3) is 11.8 Å². The van der Waals surface area contributed by atoms with Crippen molar-refractivity contribution >= 4 is 28.5 Å². The predicted octanol–water partition coefficient (Wildman–Crippen LogP) is 1.79. The van der Waals surface area contributed by atoms with Crippen LogP contribution in [0.5, 0.6) is 0 Å². The summed E-state index contributed by atoms with van der Waals surface area (Å²) in [4.78, 5) is 26.5. The first-order chi connectivity index (χ1) is 14.8.